The second-order valence-electron chi connectivity index (χ2n) is 6.40. The molecular weight excluding hydrogens is 322 g/mol. The fourth-order valence-electron chi connectivity index (χ4n) is 2.73. The standard InChI is InChI=1S/C18H25N3O4/c1-12(2)18(24)21-9-8-14(11-21)20-16(22)10-19-17(23)13-4-6-15(25-3)7-5-13/h4-7,12,14H,8-11H2,1-3H3,(H,19,23)(H,20,22). The van der Waals surface area contributed by atoms with Crippen molar-refractivity contribution in [3.05, 3.63) is 29.8 Å². The third-order valence-corrected chi connectivity index (χ3v) is 4.12. The lowest BCUT2D eigenvalue weighted by Crippen LogP contribution is -2.43. The van der Waals surface area contributed by atoms with Gasteiger partial charge in [0, 0.05) is 30.6 Å². The molecule has 0 aliphatic carbocycles. The molecule has 136 valence electrons. The van der Waals surface area contributed by atoms with Gasteiger partial charge in [0.15, 0.2) is 0 Å². The lowest BCUT2D eigenvalue weighted by Gasteiger charge is -2.19. The van der Waals surface area contributed by atoms with Gasteiger partial charge in [-0.15, -0.1) is 0 Å². The summed E-state index contributed by atoms with van der Waals surface area (Å²) in [6, 6.07) is 6.59. The van der Waals surface area contributed by atoms with Crippen LogP contribution in [0, 0.1) is 5.92 Å². The highest BCUT2D eigenvalue weighted by molar-refractivity contribution is 5.96. The number of nitrogens with zero attached hydrogens (tertiary/aromatic N) is 1. The first-order valence-corrected chi connectivity index (χ1v) is 8.41. The monoisotopic (exact) mass is 347 g/mol. The predicted molar refractivity (Wildman–Crippen MR) is 93.3 cm³/mol. The molecule has 2 N–H and O–H groups in total. The van der Waals surface area contributed by atoms with E-state index in [0.717, 1.165) is 6.42 Å². The molecule has 25 heavy (non-hydrogen) atoms. The van der Waals surface area contributed by atoms with Crippen LogP contribution in [0.1, 0.15) is 30.6 Å². The normalized spacial score (nSPS) is 16.6. The Labute approximate surface area is 147 Å². The molecule has 1 aliphatic rings. The first-order valence-electron chi connectivity index (χ1n) is 8.41. The molecule has 0 saturated carbocycles. The highest BCUT2D eigenvalue weighted by Gasteiger charge is 2.28. The molecular formula is C18H25N3O4. The van der Waals surface area contributed by atoms with E-state index in [-0.39, 0.29) is 36.2 Å². The number of methoxy groups -OCH3 is 1. The average Bonchev–Trinajstić information content (AvgIpc) is 3.07. The zero-order valence-corrected chi connectivity index (χ0v) is 14.9. The van der Waals surface area contributed by atoms with Gasteiger partial charge in [0.2, 0.25) is 11.8 Å². The summed E-state index contributed by atoms with van der Waals surface area (Å²) in [5.41, 5.74) is 0.461. The summed E-state index contributed by atoms with van der Waals surface area (Å²) in [7, 11) is 1.55. The fraction of sp³-hybridized carbons (Fsp3) is 0.500. The molecule has 1 aliphatic heterocycles. The Morgan fingerprint density at radius 1 is 1.24 bits per heavy atom. The first-order chi connectivity index (χ1) is 11.9. The van der Waals surface area contributed by atoms with Crippen LogP contribution in [0.2, 0.25) is 0 Å². The topological polar surface area (TPSA) is 87.7 Å². The number of benzene rings is 1. The van der Waals surface area contributed by atoms with Gasteiger partial charge in [0.05, 0.1) is 13.7 Å². The second kappa shape index (κ2) is 8.50. The summed E-state index contributed by atoms with van der Waals surface area (Å²) in [4.78, 5) is 37.7. The predicted octanol–water partition coefficient (Wildman–Crippen LogP) is 0.798. The SMILES string of the molecule is COc1ccc(C(=O)NCC(=O)NC2CCN(C(=O)C(C)C)C2)cc1. The average molecular weight is 347 g/mol. The van der Waals surface area contributed by atoms with E-state index in [0.29, 0.717) is 24.4 Å². The summed E-state index contributed by atoms with van der Waals surface area (Å²) < 4.78 is 5.04. The summed E-state index contributed by atoms with van der Waals surface area (Å²) in [6.45, 7) is 4.81. The first kappa shape index (κ1) is 18.8. The maximum atomic E-state index is 12.0. The zero-order valence-electron chi connectivity index (χ0n) is 14.9. The number of likely N-dealkylation sites (tertiary alicyclic amines) is 1. The van der Waals surface area contributed by atoms with Gasteiger partial charge in [-0.2, -0.15) is 0 Å². The van der Waals surface area contributed by atoms with E-state index >= 15 is 0 Å². The van der Waals surface area contributed by atoms with Crippen LogP contribution >= 0.6 is 0 Å². The van der Waals surface area contributed by atoms with E-state index in [1.54, 1.807) is 36.3 Å². The second-order valence-corrected chi connectivity index (χ2v) is 6.40. The van der Waals surface area contributed by atoms with Crippen molar-refractivity contribution >= 4 is 17.7 Å². The van der Waals surface area contributed by atoms with E-state index in [1.165, 1.54) is 0 Å². The van der Waals surface area contributed by atoms with Crippen molar-refractivity contribution in [2.75, 3.05) is 26.7 Å². The number of amides is 3. The third kappa shape index (κ3) is 5.20. The third-order valence-electron chi connectivity index (χ3n) is 4.12. The number of nitrogens with one attached hydrogen (secondary N) is 2. The quantitative estimate of drug-likeness (QED) is 0.797. The van der Waals surface area contributed by atoms with Gasteiger partial charge in [-0.05, 0) is 30.7 Å². The molecule has 1 saturated heterocycles. The van der Waals surface area contributed by atoms with Crippen molar-refractivity contribution in [2.45, 2.75) is 26.3 Å². The maximum absolute atomic E-state index is 12.0. The number of carbonyl (C=O) groups excluding carboxylic acids is 3. The van der Waals surface area contributed by atoms with Crippen LogP contribution < -0.4 is 15.4 Å². The van der Waals surface area contributed by atoms with Crippen LogP contribution in [0.5, 0.6) is 5.75 Å². The van der Waals surface area contributed by atoms with Gasteiger partial charge in [-0.1, -0.05) is 13.8 Å². The molecule has 1 aromatic rings. The number of carbonyl (C=O) groups is 3. The Morgan fingerprint density at radius 2 is 1.92 bits per heavy atom. The van der Waals surface area contributed by atoms with Crippen LogP contribution in [0.25, 0.3) is 0 Å². The largest absolute Gasteiger partial charge is 0.497 e. The lowest BCUT2D eigenvalue weighted by atomic mass is 10.2. The van der Waals surface area contributed by atoms with Gasteiger partial charge in [0.25, 0.3) is 5.91 Å². The highest BCUT2D eigenvalue weighted by Crippen LogP contribution is 2.13. The molecule has 1 fully saturated rings. The van der Waals surface area contributed by atoms with Gasteiger partial charge < -0.3 is 20.3 Å². The Hall–Kier alpha value is -2.57. The van der Waals surface area contributed by atoms with E-state index in [1.807, 2.05) is 13.8 Å². The molecule has 0 bridgehead atoms. The zero-order chi connectivity index (χ0) is 18.4. The molecule has 1 aromatic carbocycles. The summed E-state index contributed by atoms with van der Waals surface area (Å²) >= 11 is 0. The fourth-order valence-corrected chi connectivity index (χ4v) is 2.73. The van der Waals surface area contributed by atoms with Crippen molar-refractivity contribution in [2.24, 2.45) is 5.92 Å². The van der Waals surface area contributed by atoms with Gasteiger partial charge in [-0.25, -0.2) is 0 Å². The van der Waals surface area contributed by atoms with E-state index in [4.69, 9.17) is 4.74 Å². The van der Waals surface area contributed by atoms with E-state index < -0.39 is 0 Å². The van der Waals surface area contributed by atoms with Crippen LogP contribution in [-0.2, 0) is 9.59 Å². The summed E-state index contributed by atoms with van der Waals surface area (Å²) in [5, 5.41) is 5.45. The Kier molecular flexibility index (Phi) is 6.38. The smallest absolute Gasteiger partial charge is 0.251 e. The van der Waals surface area contributed by atoms with Crippen molar-refractivity contribution < 1.29 is 19.1 Å². The molecule has 3 amide bonds. The molecule has 7 nitrogen and oxygen atoms in total. The maximum Gasteiger partial charge on any atom is 0.251 e. The number of rotatable bonds is 6. The van der Waals surface area contributed by atoms with Gasteiger partial charge in [0.1, 0.15) is 5.75 Å². The van der Waals surface area contributed by atoms with Gasteiger partial charge in [-0.3, -0.25) is 14.4 Å². The molecule has 1 unspecified atom stereocenters. The Bertz CT molecular complexity index is 628. The van der Waals surface area contributed by atoms with E-state index in [2.05, 4.69) is 10.6 Å². The number of hydrogen-bond donors (Lipinski definition) is 2. The van der Waals surface area contributed by atoms with Crippen LogP contribution in [-0.4, -0.2) is 55.4 Å². The van der Waals surface area contributed by atoms with Gasteiger partial charge >= 0.3 is 0 Å². The van der Waals surface area contributed by atoms with Crippen molar-refractivity contribution in [3.8, 4) is 5.75 Å². The molecule has 7 heteroatoms. The van der Waals surface area contributed by atoms with E-state index in [9.17, 15) is 14.4 Å². The minimum atomic E-state index is -0.319. The Morgan fingerprint density at radius 3 is 2.52 bits per heavy atom. The van der Waals surface area contributed by atoms with Crippen molar-refractivity contribution in [3.63, 3.8) is 0 Å². The summed E-state index contributed by atoms with van der Waals surface area (Å²) in [6.07, 6.45) is 0.733. The lowest BCUT2D eigenvalue weighted by molar-refractivity contribution is -0.133. The van der Waals surface area contributed by atoms with Crippen LogP contribution in [0.4, 0.5) is 0 Å². The molecule has 0 aromatic heterocycles. The van der Waals surface area contributed by atoms with Crippen molar-refractivity contribution in [1.29, 1.82) is 0 Å². The molecule has 0 radical (unpaired) electrons. The molecule has 2 rings (SSSR count). The number of hydrogen-bond acceptors (Lipinski definition) is 4. The van der Waals surface area contributed by atoms with Crippen LogP contribution in [0.15, 0.2) is 24.3 Å². The minimum Gasteiger partial charge on any atom is -0.497 e. The molecule has 1 heterocycles. The summed E-state index contributed by atoms with van der Waals surface area (Å²) in [5.74, 6) is 0.144. The van der Waals surface area contributed by atoms with Crippen LogP contribution in [0.3, 0.4) is 0 Å². The minimum absolute atomic E-state index is 0.0433. The number of ether oxygens (including phenoxy) is 1. The Balaban J connectivity index is 1.75. The van der Waals surface area contributed by atoms with Crippen molar-refractivity contribution in [1.82, 2.24) is 15.5 Å². The highest BCUT2D eigenvalue weighted by atomic mass is 16.5. The molecule has 0 spiro atoms. The molecule has 1 atom stereocenters.